The van der Waals surface area contributed by atoms with Gasteiger partial charge in [-0.3, -0.25) is 20.4 Å². The third-order valence-electron chi connectivity index (χ3n) is 2.48. The van der Waals surface area contributed by atoms with Gasteiger partial charge < -0.3 is 4.74 Å². The monoisotopic (exact) mass is 338 g/mol. The number of hydrazine groups is 1. The topological polar surface area (TPSA) is 84.5 Å². The van der Waals surface area contributed by atoms with Crippen molar-refractivity contribution in [3.63, 3.8) is 0 Å². The summed E-state index contributed by atoms with van der Waals surface area (Å²) in [4.78, 5) is 35.1. The largest absolute Gasteiger partial charge is 0.451 e. The second kappa shape index (κ2) is 7.58. The molecule has 0 bridgehead atoms. The molecule has 0 fully saturated rings. The Morgan fingerprint density at radius 3 is 2.45 bits per heavy atom. The molecule has 1 heterocycles. The predicted octanol–water partition coefficient (Wildman–Crippen LogP) is 2.02. The number of ether oxygens (including phenoxy) is 1. The van der Waals surface area contributed by atoms with Crippen molar-refractivity contribution >= 4 is 40.7 Å². The smallest absolute Gasteiger partial charge is 0.348 e. The lowest BCUT2D eigenvalue weighted by Gasteiger charge is -2.07. The molecule has 0 atom stereocenters. The van der Waals surface area contributed by atoms with Gasteiger partial charge in [-0.2, -0.15) is 0 Å². The third-order valence-corrected chi connectivity index (χ3v) is 3.58. The summed E-state index contributed by atoms with van der Waals surface area (Å²) in [5, 5.41) is 2.23. The molecule has 2 N–H and O–H groups in total. The summed E-state index contributed by atoms with van der Waals surface area (Å²) in [7, 11) is 0. The van der Waals surface area contributed by atoms with Gasteiger partial charge in [0.15, 0.2) is 6.61 Å². The van der Waals surface area contributed by atoms with Crippen LogP contribution in [0, 0.1) is 0 Å². The fraction of sp³-hybridized carbons (Fsp3) is 0.0714. The van der Waals surface area contributed by atoms with Crippen LogP contribution in [0.1, 0.15) is 20.0 Å². The van der Waals surface area contributed by atoms with Gasteiger partial charge in [0.25, 0.3) is 11.8 Å². The number of nitrogens with one attached hydrogen (secondary N) is 2. The molecule has 2 aromatic rings. The van der Waals surface area contributed by atoms with Crippen LogP contribution >= 0.6 is 22.9 Å². The van der Waals surface area contributed by atoms with Gasteiger partial charge in [-0.1, -0.05) is 17.7 Å². The number of amides is 2. The molecule has 6 nitrogen and oxygen atoms in total. The highest BCUT2D eigenvalue weighted by atomic mass is 35.5. The van der Waals surface area contributed by atoms with Crippen molar-refractivity contribution in [1.29, 1.82) is 0 Å². The molecule has 0 aliphatic carbocycles. The van der Waals surface area contributed by atoms with Gasteiger partial charge in [0.1, 0.15) is 4.88 Å². The number of carbonyl (C=O) groups is 3. The van der Waals surface area contributed by atoms with Crippen molar-refractivity contribution in [2.24, 2.45) is 0 Å². The second-order valence-corrected chi connectivity index (χ2v) is 5.45. The van der Waals surface area contributed by atoms with Gasteiger partial charge in [-0.15, -0.1) is 11.3 Å². The van der Waals surface area contributed by atoms with Crippen LogP contribution in [0.4, 0.5) is 0 Å². The molecule has 0 saturated carbocycles. The first-order valence-corrected chi connectivity index (χ1v) is 7.37. The van der Waals surface area contributed by atoms with Crippen molar-refractivity contribution in [3.05, 3.63) is 57.2 Å². The van der Waals surface area contributed by atoms with Gasteiger partial charge in [0.2, 0.25) is 0 Å². The molecule has 114 valence electrons. The number of hydrogen-bond donors (Lipinski definition) is 2. The first kappa shape index (κ1) is 16.0. The molecule has 0 aliphatic rings. The van der Waals surface area contributed by atoms with Gasteiger partial charge in [-0.05, 0) is 35.7 Å². The highest BCUT2D eigenvalue weighted by molar-refractivity contribution is 7.11. The molecule has 8 heteroatoms. The van der Waals surface area contributed by atoms with E-state index in [0.29, 0.717) is 15.5 Å². The molecule has 1 aromatic carbocycles. The van der Waals surface area contributed by atoms with Crippen LogP contribution in [0.3, 0.4) is 0 Å². The third kappa shape index (κ3) is 4.57. The fourth-order valence-corrected chi connectivity index (χ4v) is 2.17. The minimum atomic E-state index is -0.646. The quantitative estimate of drug-likeness (QED) is 0.660. The van der Waals surface area contributed by atoms with E-state index in [1.165, 1.54) is 23.5 Å². The Labute approximate surface area is 135 Å². The Morgan fingerprint density at radius 1 is 1.09 bits per heavy atom. The lowest BCUT2D eigenvalue weighted by atomic mass is 10.2. The maximum absolute atomic E-state index is 11.7. The second-order valence-electron chi connectivity index (χ2n) is 4.06. The summed E-state index contributed by atoms with van der Waals surface area (Å²) >= 11 is 6.92. The number of rotatable bonds is 4. The van der Waals surface area contributed by atoms with Crippen LogP contribution < -0.4 is 10.9 Å². The number of esters is 1. The molecule has 0 spiro atoms. The maximum atomic E-state index is 11.7. The Balaban J connectivity index is 1.74. The summed E-state index contributed by atoms with van der Waals surface area (Å²) in [6.07, 6.45) is 0. The zero-order valence-electron chi connectivity index (χ0n) is 11.2. The summed E-state index contributed by atoms with van der Waals surface area (Å²) in [6.45, 7) is -0.488. The lowest BCUT2D eigenvalue weighted by molar-refractivity contribution is -0.125. The number of halogens is 1. The van der Waals surface area contributed by atoms with Gasteiger partial charge >= 0.3 is 5.97 Å². The molecule has 0 radical (unpaired) electrons. The molecular formula is C14H11ClN2O4S. The Bertz CT molecular complexity index is 671. The number of benzene rings is 1. The summed E-state index contributed by atoms with van der Waals surface area (Å²) < 4.78 is 4.79. The number of carbonyl (C=O) groups excluding carboxylic acids is 3. The number of thiophene rings is 1. The maximum Gasteiger partial charge on any atom is 0.348 e. The highest BCUT2D eigenvalue weighted by Crippen LogP contribution is 2.10. The minimum absolute atomic E-state index is 0.334. The van der Waals surface area contributed by atoms with Crippen molar-refractivity contribution in [1.82, 2.24) is 10.9 Å². The average Bonchev–Trinajstić information content (AvgIpc) is 3.05. The molecule has 2 rings (SSSR count). The van der Waals surface area contributed by atoms with Gasteiger partial charge in [0.05, 0.1) is 0 Å². The van der Waals surface area contributed by atoms with E-state index >= 15 is 0 Å². The fourth-order valence-electron chi connectivity index (χ4n) is 1.43. The Hall–Kier alpha value is -2.38. The van der Waals surface area contributed by atoms with Gasteiger partial charge in [0, 0.05) is 10.6 Å². The van der Waals surface area contributed by atoms with Crippen molar-refractivity contribution in [3.8, 4) is 0 Å². The van der Waals surface area contributed by atoms with E-state index < -0.39 is 24.4 Å². The van der Waals surface area contributed by atoms with Gasteiger partial charge in [-0.25, -0.2) is 4.79 Å². The summed E-state index contributed by atoms with van der Waals surface area (Å²) in [5.74, 6) is -1.74. The van der Waals surface area contributed by atoms with Crippen molar-refractivity contribution < 1.29 is 19.1 Å². The van der Waals surface area contributed by atoms with Crippen molar-refractivity contribution in [2.45, 2.75) is 0 Å². The first-order valence-electron chi connectivity index (χ1n) is 6.11. The summed E-state index contributed by atoms with van der Waals surface area (Å²) in [5.41, 5.74) is 4.69. The molecule has 0 saturated heterocycles. The molecular weight excluding hydrogens is 328 g/mol. The Morgan fingerprint density at radius 2 is 1.82 bits per heavy atom. The summed E-state index contributed by atoms with van der Waals surface area (Å²) in [6, 6.07) is 9.43. The minimum Gasteiger partial charge on any atom is -0.451 e. The SMILES string of the molecule is O=C(COC(=O)c1cccs1)NNC(=O)c1ccc(Cl)cc1. The number of hydrogen-bond acceptors (Lipinski definition) is 5. The average molecular weight is 339 g/mol. The van der Waals surface area contributed by atoms with Crippen LogP contribution in [0.2, 0.25) is 5.02 Å². The molecule has 0 aliphatic heterocycles. The zero-order valence-corrected chi connectivity index (χ0v) is 12.7. The first-order chi connectivity index (χ1) is 10.6. The van der Waals surface area contributed by atoms with Crippen molar-refractivity contribution in [2.75, 3.05) is 6.61 Å². The van der Waals surface area contributed by atoms with Crippen LogP contribution in [-0.2, 0) is 9.53 Å². The van der Waals surface area contributed by atoms with Crippen LogP contribution in [0.5, 0.6) is 0 Å². The lowest BCUT2D eigenvalue weighted by Crippen LogP contribution is -2.43. The van der Waals surface area contributed by atoms with Crippen LogP contribution in [-0.4, -0.2) is 24.4 Å². The molecule has 1 aromatic heterocycles. The van der Waals surface area contributed by atoms with E-state index in [0.717, 1.165) is 0 Å². The van der Waals surface area contributed by atoms with E-state index in [4.69, 9.17) is 16.3 Å². The molecule has 0 unspecified atom stereocenters. The van der Waals surface area contributed by atoms with Crippen LogP contribution in [0.15, 0.2) is 41.8 Å². The Kier molecular flexibility index (Phi) is 5.51. The zero-order chi connectivity index (χ0) is 15.9. The normalized spacial score (nSPS) is 9.86. The molecule has 2 amide bonds. The van der Waals surface area contributed by atoms with E-state index in [1.807, 2.05) is 0 Å². The van der Waals surface area contributed by atoms with E-state index in [1.54, 1.807) is 29.6 Å². The predicted molar refractivity (Wildman–Crippen MR) is 81.7 cm³/mol. The van der Waals surface area contributed by atoms with E-state index in [2.05, 4.69) is 10.9 Å². The highest BCUT2D eigenvalue weighted by Gasteiger charge is 2.12. The van der Waals surface area contributed by atoms with Crippen LogP contribution in [0.25, 0.3) is 0 Å². The van der Waals surface area contributed by atoms with E-state index in [-0.39, 0.29) is 0 Å². The van der Waals surface area contributed by atoms with E-state index in [9.17, 15) is 14.4 Å². The molecule has 22 heavy (non-hydrogen) atoms. The standard InChI is InChI=1S/C14H11ClN2O4S/c15-10-5-3-9(4-6-10)13(19)17-16-12(18)8-21-14(20)11-2-1-7-22-11/h1-7H,8H2,(H,16,18)(H,17,19).